The molecule has 10 heavy (non-hydrogen) atoms. The van der Waals surface area contributed by atoms with Crippen molar-refractivity contribution in [2.75, 3.05) is 37.9 Å². The van der Waals surface area contributed by atoms with Crippen LogP contribution in [0.1, 0.15) is 0 Å². The lowest BCUT2D eigenvalue weighted by molar-refractivity contribution is 0.380. The van der Waals surface area contributed by atoms with E-state index in [0.29, 0.717) is 0 Å². The third-order valence-electron chi connectivity index (χ3n) is 1.23. The second kappa shape index (κ2) is 8.49. The summed E-state index contributed by atoms with van der Waals surface area (Å²) in [6.07, 6.45) is 2.15. The van der Waals surface area contributed by atoms with E-state index in [2.05, 4.69) is 39.4 Å². The van der Waals surface area contributed by atoms with Crippen LogP contribution in [0.4, 0.5) is 0 Å². The van der Waals surface area contributed by atoms with Gasteiger partial charge in [0.15, 0.2) is 0 Å². The minimum Gasteiger partial charge on any atom is -0.305 e. The molecule has 0 atom stereocenters. The van der Waals surface area contributed by atoms with Gasteiger partial charge in [-0.25, -0.2) is 0 Å². The first-order valence-electron chi connectivity index (χ1n) is 3.22. The lowest BCUT2D eigenvalue weighted by Gasteiger charge is -2.13. The third-order valence-corrected chi connectivity index (χ3v) is 3.48. The normalized spacial score (nSPS) is 10.8. The van der Waals surface area contributed by atoms with Gasteiger partial charge in [-0.1, -0.05) is 8.93 Å². The maximum Gasteiger partial charge on any atom is 0.0161 e. The van der Waals surface area contributed by atoms with E-state index < -0.39 is 0 Å². The average Bonchev–Trinajstić information content (AvgIpc) is 1.97. The van der Waals surface area contributed by atoms with Crippen molar-refractivity contribution in [3.63, 3.8) is 0 Å². The van der Waals surface area contributed by atoms with Gasteiger partial charge in [0, 0.05) is 24.6 Å². The molecule has 0 bridgehead atoms. The monoisotopic (exact) mass is 291 g/mol. The van der Waals surface area contributed by atoms with E-state index >= 15 is 0 Å². The Morgan fingerprint density at radius 2 is 1.90 bits per heavy atom. The number of halogens is 1. The van der Waals surface area contributed by atoms with E-state index in [1.807, 2.05) is 20.7 Å². The van der Waals surface area contributed by atoms with Crippen LogP contribution in [0.5, 0.6) is 0 Å². The molecule has 0 aliphatic carbocycles. The van der Waals surface area contributed by atoms with Crippen LogP contribution >= 0.6 is 41.9 Å². The van der Waals surface area contributed by atoms with Gasteiger partial charge in [0.25, 0.3) is 0 Å². The fourth-order valence-electron chi connectivity index (χ4n) is 0.549. The quantitative estimate of drug-likeness (QED) is 0.692. The van der Waals surface area contributed by atoms with Crippen molar-refractivity contribution in [3.05, 3.63) is 0 Å². The Morgan fingerprint density at radius 1 is 1.30 bits per heavy atom. The molecule has 0 saturated heterocycles. The molecule has 0 aromatic heterocycles. The Kier molecular flexibility index (Phi) is 9.67. The fourth-order valence-corrected chi connectivity index (χ4v) is 2.02. The second-order valence-corrected chi connectivity index (χ2v) is 5.59. The molecule has 0 rings (SSSR count). The summed E-state index contributed by atoms with van der Waals surface area (Å²) in [5.74, 6) is 2.49. The summed E-state index contributed by atoms with van der Waals surface area (Å²) in [5, 5.41) is 0. The molecular formula is C6H14INS2. The Balaban J connectivity index is 3.00. The van der Waals surface area contributed by atoms with Gasteiger partial charge >= 0.3 is 0 Å². The molecule has 0 radical (unpaired) electrons. The average molecular weight is 291 g/mol. The minimum atomic E-state index is 1.22. The highest BCUT2D eigenvalue weighted by Crippen LogP contribution is 2.09. The van der Waals surface area contributed by atoms with Crippen molar-refractivity contribution in [2.45, 2.75) is 0 Å². The molecule has 0 aliphatic rings. The maximum absolute atomic E-state index is 2.38. The van der Waals surface area contributed by atoms with Crippen molar-refractivity contribution in [1.29, 1.82) is 0 Å². The predicted octanol–water partition coefficient (Wildman–Crippen LogP) is 2.36. The summed E-state index contributed by atoms with van der Waals surface area (Å²) in [6.45, 7) is 2.44. The van der Waals surface area contributed by atoms with E-state index in [1.54, 1.807) is 0 Å². The number of hydrogen-bond acceptors (Lipinski definition) is 3. The highest BCUT2D eigenvalue weighted by atomic mass is 127. The van der Waals surface area contributed by atoms with E-state index in [1.165, 1.54) is 24.6 Å². The van der Waals surface area contributed by atoms with Gasteiger partial charge in [0.2, 0.25) is 0 Å². The molecule has 0 aromatic carbocycles. The molecule has 4 heteroatoms. The van der Waals surface area contributed by atoms with Crippen molar-refractivity contribution < 1.29 is 0 Å². The van der Waals surface area contributed by atoms with Gasteiger partial charge in [-0.3, -0.25) is 0 Å². The first-order chi connectivity index (χ1) is 4.81. The summed E-state index contributed by atoms with van der Waals surface area (Å²) in [5.41, 5.74) is 0. The topological polar surface area (TPSA) is 3.24 Å². The van der Waals surface area contributed by atoms with Gasteiger partial charge < -0.3 is 4.90 Å². The molecule has 1 nitrogen and oxygen atoms in total. The summed E-state index contributed by atoms with van der Waals surface area (Å²) in [4.78, 5) is 2.38. The Hall–Kier alpha value is 1.39. The second-order valence-electron chi connectivity index (χ2n) is 2.11. The number of hydrogen-bond donors (Lipinski definition) is 0. The molecule has 0 aliphatic heterocycles. The van der Waals surface area contributed by atoms with Gasteiger partial charge in [-0.2, -0.15) is 11.8 Å². The molecule has 0 aromatic rings. The SMILES string of the molecule is CSCCN(C)CCSI. The van der Waals surface area contributed by atoms with Crippen LogP contribution in [0, 0.1) is 0 Å². The Morgan fingerprint density at radius 3 is 2.40 bits per heavy atom. The lowest BCUT2D eigenvalue weighted by atomic mass is 10.6. The highest BCUT2D eigenvalue weighted by Gasteiger charge is 1.95. The Bertz CT molecular complexity index is 64.8. The number of rotatable bonds is 6. The van der Waals surface area contributed by atoms with Crippen molar-refractivity contribution >= 4 is 41.9 Å². The molecule has 0 saturated carbocycles. The maximum atomic E-state index is 2.38. The van der Waals surface area contributed by atoms with E-state index in [4.69, 9.17) is 0 Å². The number of thioether (sulfide) groups is 1. The lowest BCUT2D eigenvalue weighted by Crippen LogP contribution is -2.23. The smallest absolute Gasteiger partial charge is 0.0161 e. The summed E-state index contributed by atoms with van der Waals surface area (Å²) >= 11 is 4.26. The fraction of sp³-hybridized carbons (Fsp3) is 1.00. The molecule has 62 valence electrons. The standard InChI is InChI=1S/C6H14INS2/c1-8(3-5-9-2)4-6-10-7/h3-6H2,1-2H3. The van der Waals surface area contributed by atoms with Crippen molar-refractivity contribution in [2.24, 2.45) is 0 Å². The number of nitrogens with zero attached hydrogens (tertiary/aromatic N) is 1. The molecule has 0 N–H and O–H groups in total. The molecule has 0 fully saturated rings. The highest BCUT2D eigenvalue weighted by molar-refractivity contribution is 14.2. The Labute approximate surface area is 84.3 Å². The van der Waals surface area contributed by atoms with Crippen LogP contribution in [0.25, 0.3) is 0 Å². The van der Waals surface area contributed by atoms with Gasteiger partial charge in [-0.05, 0) is 34.5 Å². The van der Waals surface area contributed by atoms with Gasteiger partial charge in [0.05, 0.1) is 0 Å². The van der Waals surface area contributed by atoms with E-state index in [0.717, 1.165) is 0 Å². The molecule has 0 spiro atoms. The molecule has 0 heterocycles. The summed E-state index contributed by atoms with van der Waals surface area (Å²) in [6, 6.07) is 0. The zero-order valence-electron chi connectivity index (χ0n) is 6.47. The van der Waals surface area contributed by atoms with Crippen molar-refractivity contribution in [1.82, 2.24) is 4.90 Å². The molecule has 0 amide bonds. The summed E-state index contributed by atoms with van der Waals surface area (Å²) in [7, 11) is 4.07. The minimum absolute atomic E-state index is 1.22. The van der Waals surface area contributed by atoms with Crippen LogP contribution in [0.15, 0.2) is 0 Å². The van der Waals surface area contributed by atoms with Gasteiger partial charge in [-0.15, -0.1) is 0 Å². The van der Waals surface area contributed by atoms with E-state index in [-0.39, 0.29) is 0 Å². The van der Waals surface area contributed by atoms with E-state index in [9.17, 15) is 0 Å². The summed E-state index contributed by atoms with van der Waals surface area (Å²) < 4.78 is 0. The molecular weight excluding hydrogens is 277 g/mol. The van der Waals surface area contributed by atoms with Crippen LogP contribution in [-0.4, -0.2) is 42.8 Å². The zero-order chi connectivity index (χ0) is 7.82. The van der Waals surface area contributed by atoms with Gasteiger partial charge in [0.1, 0.15) is 0 Å². The van der Waals surface area contributed by atoms with Crippen LogP contribution in [0.2, 0.25) is 0 Å². The van der Waals surface area contributed by atoms with Crippen LogP contribution in [-0.2, 0) is 0 Å². The van der Waals surface area contributed by atoms with Crippen LogP contribution in [0.3, 0.4) is 0 Å². The zero-order valence-corrected chi connectivity index (χ0v) is 10.3. The predicted molar refractivity (Wildman–Crippen MR) is 62.4 cm³/mol. The van der Waals surface area contributed by atoms with Crippen molar-refractivity contribution in [3.8, 4) is 0 Å². The van der Waals surface area contributed by atoms with Crippen LogP contribution < -0.4 is 0 Å². The first kappa shape index (κ1) is 11.4. The largest absolute Gasteiger partial charge is 0.305 e. The molecule has 0 unspecified atom stereocenters. The first-order valence-corrected chi connectivity index (χ1v) is 8.14. The third kappa shape index (κ3) is 7.50.